The van der Waals surface area contributed by atoms with Crippen LogP contribution < -0.4 is 0 Å². The second kappa shape index (κ2) is 35.3. The second-order valence-electron chi connectivity index (χ2n) is 12.0. The van der Waals surface area contributed by atoms with Crippen molar-refractivity contribution in [1.82, 2.24) is 0 Å². The van der Waals surface area contributed by atoms with Crippen LogP contribution in [-0.4, -0.2) is 52.3 Å². The highest BCUT2D eigenvalue weighted by atomic mass is 31.2. The van der Waals surface area contributed by atoms with Crippen molar-refractivity contribution in [3.8, 4) is 0 Å². The van der Waals surface area contributed by atoms with Gasteiger partial charge in [-0.25, -0.2) is 4.57 Å². The summed E-state index contributed by atoms with van der Waals surface area (Å²) in [6.45, 7) is 3.24. The number of hydrogen-bond acceptors (Lipinski definition) is 7. The number of carbonyl (C=O) groups is 2. The summed E-state index contributed by atoms with van der Waals surface area (Å²) in [6, 6.07) is 0. The quantitative estimate of drug-likeness (QED) is 0.0203. The minimum absolute atomic E-state index is 0.0265. The van der Waals surface area contributed by atoms with Gasteiger partial charge < -0.3 is 24.4 Å². The molecule has 0 rings (SSSR count). The van der Waals surface area contributed by atoms with Crippen molar-refractivity contribution in [3.63, 3.8) is 0 Å². The van der Waals surface area contributed by atoms with Crippen LogP contribution in [0.4, 0.5) is 0 Å². The molecule has 0 aliphatic carbocycles. The van der Waals surface area contributed by atoms with Crippen LogP contribution in [0.3, 0.4) is 0 Å². The number of esters is 2. The smallest absolute Gasteiger partial charge is 0.462 e. The van der Waals surface area contributed by atoms with Gasteiger partial charge in [0.1, 0.15) is 6.61 Å². The molecule has 0 spiro atoms. The standard InChI is InChI=1S/C41H65O9P/c1-3-5-7-9-11-13-15-17-18-20-22-24-26-28-30-34-41(44)50-39(37-49-51(45,46)47)36-48-40(43)35-31-33-38(42)32-29-27-25-23-21-19-16-14-12-10-8-6-4-2/h5-8,11-14,17-19,21,25,27,29,32,38-39,42H,3-4,9-10,15-16,20,22-24,26,28,30-31,33-37H2,1-2H3,(H2,45,46,47)/b7-5-,8-6-,13-11-,14-12-,18-17-,21-19-,27-25-,32-29+/t38?,39-/m1/s1. The summed E-state index contributed by atoms with van der Waals surface area (Å²) in [5, 5.41) is 10.2. The molecule has 0 aromatic carbocycles. The van der Waals surface area contributed by atoms with Crippen molar-refractivity contribution in [2.75, 3.05) is 13.2 Å². The third kappa shape index (κ3) is 38.0. The van der Waals surface area contributed by atoms with E-state index < -0.39 is 45.2 Å². The van der Waals surface area contributed by atoms with E-state index in [0.29, 0.717) is 19.3 Å². The summed E-state index contributed by atoms with van der Waals surface area (Å²) in [5.74, 6) is -1.12. The van der Waals surface area contributed by atoms with E-state index in [0.717, 1.165) is 77.0 Å². The first-order chi connectivity index (χ1) is 24.7. The van der Waals surface area contributed by atoms with Gasteiger partial charge in [-0.1, -0.05) is 130 Å². The van der Waals surface area contributed by atoms with E-state index in [9.17, 15) is 19.3 Å². The fraction of sp³-hybridized carbons (Fsp3) is 0.561. The van der Waals surface area contributed by atoms with Gasteiger partial charge in [0.25, 0.3) is 0 Å². The lowest BCUT2D eigenvalue weighted by atomic mass is 10.1. The third-order valence-electron chi connectivity index (χ3n) is 7.20. The van der Waals surface area contributed by atoms with Crippen LogP contribution in [-0.2, 0) is 28.2 Å². The maximum Gasteiger partial charge on any atom is 0.469 e. The number of phosphoric ester groups is 1. The zero-order chi connectivity index (χ0) is 37.7. The van der Waals surface area contributed by atoms with Crippen LogP contribution in [0.1, 0.15) is 123 Å². The molecule has 1 unspecified atom stereocenters. The molecule has 0 amide bonds. The summed E-state index contributed by atoms with van der Waals surface area (Å²) in [5.41, 5.74) is 0. The molecule has 9 nitrogen and oxygen atoms in total. The topological polar surface area (TPSA) is 140 Å². The van der Waals surface area contributed by atoms with Crippen molar-refractivity contribution < 1.29 is 43.0 Å². The lowest BCUT2D eigenvalue weighted by Gasteiger charge is -2.18. The molecule has 0 fully saturated rings. The van der Waals surface area contributed by atoms with Crippen molar-refractivity contribution in [3.05, 3.63) is 97.2 Å². The molecule has 10 heteroatoms. The minimum atomic E-state index is -4.81. The van der Waals surface area contributed by atoms with Crippen molar-refractivity contribution >= 4 is 19.8 Å². The van der Waals surface area contributed by atoms with E-state index in [1.54, 1.807) is 12.2 Å². The van der Waals surface area contributed by atoms with Crippen molar-refractivity contribution in [1.29, 1.82) is 0 Å². The SMILES string of the molecule is CC/C=C\C/C=C\C/C=C\C/C=C\C=C\C(O)CCCC(=O)OC[C@H](COP(=O)(O)O)OC(=O)CCCCCCC/C=C\C/C=C\C/C=C\CC. The predicted molar refractivity (Wildman–Crippen MR) is 208 cm³/mol. The van der Waals surface area contributed by atoms with Crippen LogP contribution in [0.2, 0.25) is 0 Å². The van der Waals surface area contributed by atoms with Gasteiger partial charge in [-0.05, 0) is 77.0 Å². The number of aliphatic hydroxyl groups is 1. The van der Waals surface area contributed by atoms with E-state index in [1.165, 1.54) is 0 Å². The summed E-state index contributed by atoms with van der Waals surface area (Å²) in [4.78, 5) is 42.7. The molecule has 0 saturated carbocycles. The van der Waals surface area contributed by atoms with Gasteiger partial charge in [0, 0.05) is 12.8 Å². The average Bonchev–Trinajstić information content (AvgIpc) is 3.09. The Labute approximate surface area is 307 Å². The number of carbonyl (C=O) groups excluding carboxylic acids is 2. The van der Waals surface area contributed by atoms with Crippen LogP contribution in [0.5, 0.6) is 0 Å². The summed E-state index contributed by atoms with van der Waals surface area (Å²) in [6.07, 6.45) is 44.5. The largest absolute Gasteiger partial charge is 0.469 e. The van der Waals surface area contributed by atoms with E-state index in [2.05, 4.69) is 91.3 Å². The maximum absolute atomic E-state index is 12.4. The summed E-state index contributed by atoms with van der Waals surface area (Å²) >= 11 is 0. The highest BCUT2D eigenvalue weighted by molar-refractivity contribution is 7.46. The summed E-state index contributed by atoms with van der Waals surface area (Å²) in [7, 11) is -4.81. The van der Waals surface area contributed by atoms with Crippen molar-refractivity contribution in [2.45, 2.75) is 135 Å². The van der Waals surface area contributed by atoms with Gasteiger partial charge in [0.05, 0.1) is 12.7 Å². The van der Waals surface area contributed by atoms with Crippen LogP contribution in [0.15, 0.2) is 97.2 Å². The van der Waals surface area contributed by atoms with Gasteiger partial charge >= 0.3 is 19.8 Å². The monoisotopic (exact) mass is 732 g/mol. The number of unbranched alkanes of at least 4 members (excludes halogenated alkanes) is 5. The van der Waals surface area contributed by atoms with E-state index in [-0.39, 0.29) is 12.8 Å². The molecule has 0 heterocycles. The van der Waals surface area contributed by atoms with Gasteiger partial charge in [-0.3, -0.25) is 14.1 Å². The first kappa shape index (κ1) is 47.9. The second-order valence-corrected chi connectivity index (χ2v) is 13.2. The molecule has 0 aliphatic rings. The molecule has 51 heavy (non-hydrogen) atoms. The normalized spacial score (nSPS) is 14.2. The molecular weight excluding hydrogens is 667 g/mol. The van der Waals surface area contributed by atoms with Gasteiger partial charge in [0.2, 0.25) is 0 Å². The molecule has 0 aromatic heterocycles. The summed E-state index contributed by atoms with van der Waals surface area (Å²) < 4.78 is 26.2. The van der Waals surface area contributed by atoms with Gasteiger partial charge in [0.15, 0.2) is 6.10 Å². The number of aliphatic hydroxyl groups excluding tert-OH is 1. The van der Waals surface area contributed by atoms with Crippen LogP contribution in [0.25, 0.3) is 0 Å². The minimum Gasteiger partial charge on any atom is -0.462 e. The molecule has 288 valence electrons. The van der Waals surface area contributed by atoms with E-state index in [4.69, 9.17) is 19.3 Å². The number of ether oxygens (including phenoxy) is 2. The Kier molecular flexibility index (Phi) is 33.2. The molecule has 0 saturated heterocycles. The fourth-order valence-corrected chi connectivity index (χ4v) is 4.83. The number of hydrogen-bond donors (Lipinski definition) is 3. The lowest BCUT2D eigenvalue weighted by Crippen LogP contribution is -2.29. The van der Waals surface area contributed by atoms with Crippen LogP contribution in [0, 0.1) is 0 Å². The predicted octanol–water partition coefficient (Wildman–Crippen LogP) is 10.0. The van der Waals surface area contributed by atoms with Gasteiger partial charge in [-0.2, -0.15) is 0 Å². The molecule has 0 aromatic rings. The Balaban J connectivity index is 4.24. The zero-order valence-electron chi connectivity index (χ0n) is 31.1. The highest BCUT2D eigenvalue weighted by Crippen LogP contribution is 2.35. The molecule has 2 atom stereocenters. The Morgan fingerprint density at radius 2 is 1.12 bits per heavy atom. The Morgan fingerprint density at radius 3 is 1.71 bits per heavy atom. The Morgan fingerprint density at radius 1 is 0.608 bits per heavy atom. The fourth-order valence-electron chi connectivity index (χ4n) is 4.47. The lowest BCUT2D eigenvalue weighted by molar-refractivity contribution is -0.161. The van der Waals surface area contributed by atoms with Crippen LogP contribution >= 0.6 is 7.82 Å². The molecule has 3 N–H and O–H groups in total. The number of rotatable bonds is 32. The third-order valence-corrected chi connectivity index (χ3v) is 7.69. The average molecular weight is 733 g/mol. The molecule has 0 bridgehead atoms. The maximum atomic E-state index is 12.4. The number of phosphoric acid groups is 1. The van der Waals surface area contributed by atoms with E-state index in [1.807, 2.05) is 12.2 Å². The van der Waals surface area contributed by atoms with E-state index >= 15 is 0 Å². The molecule has 0 aliphatic heterocycles. The van der Waals surface area contributed by atoms with Gasteiger partial charge in [-0.15, -0.1) is 0 Å². The number of allylic oxidation sites excluding steroid dienone is 15. The molecular formula is C41H65O9P. The molecule has 0 radical (unpaired) electrons. The Bertz CT molecular complexity index is 1160. The highest BCUT2D eigenvalue weighted by Gasteiger charge is 2.23. The first-order valence-electron chi connectivity index (χ1n) is 18.6. The first-order valence-corrected chi connectivity index (χ1v) is 20.2. The van der Waals surface area contributed by atoms with Crippen molar-refractivity contribution in [2.24, 2.45) is 0 Å². The Hall–Kier alpha value is -3.07. The zero-order valence-corrected chi connectivity index (χ0v) is 32.0.